The van der Waals surface area contributed by atoms with Gasteiger partial charge in [0.25, 0.3) is 0 Å². The molecule has 0 saturated heterocycles. The largest absolute Gasteiger partial charge is 0.381 e. The Morgan fingerprint density at radius 3 is 2.48 bits per heavy atom. The van der Waals surface area contributed by atoms with Crippen LogP contribution in [-0.2, 0) is 0 Å². The van der Waals surface area contributed by atoms with E-state index < -0.39 is 8.80 Å². The Labute approximate surface area is 145 Å². The van der Waals surface area contributed by atoms with Crippen LogP contribution in [0.25, 0.3) is 0 Å². The van der Waals surface area contributed by atoms with Crippen molar-refractivity contribution in [1.82, 2.24) is 5.32 Å². The summed E-state index contributed by atoms with van der Waals surface area (Å²) in [6.07, 6.45) is 11.6. The fraction of sp³-hybridized carbons (Fsp3) is 0.619. The second kappa shape index (κ2) is 7.25. The predicted octanol–water partition coefficient (Wildman–Crippen LogP) is 5.68. The first kappa shape index (κ1) is 18.3. The number of nitrogens with one attached hydrogen (secondary N) is 1. The average Bonchev–Trinajstić information content (AvgIpc) is 3.02. The summed E-state index contributed by atoms with van der Waals surface area (Å²) in [5, 5.41) is 4.22. The summed E-state index contributed by atoms with van der Waals surface area (Å²) in [4.78, 5) is 0. The van der Waals surface area contributed by atoms with Crippen molar-refractivity contribution in [2.24, 2.45) is 5.92 Å². The quantitative estimate of drug-likeness (QED) is 0.618. The van der Waals surface area contributed by atoms with E-state index in [1.807, 2.05) is 0 Å². The zero-order valence-corrected chi connectivity index (χ0v) is 17.4. The first-order valence-corrected chi connectivity index (χ1v) is 12.3. The molecule has 2 aliphatic rings. The molecule has 0 saturated carbocycles. The molecule has 0 heterocycles. The second-order valence-corrected chi connectivity index (χ2v) is 10.9. The maximum atomic E-state index is 4.04. The van der Waals surface area contributed by atoms with Crippen molar-refractivity contribution in [2.75, 3.05) is 0 Å². The van der Waals surface area contributed by atoms with E-state index in [0.717, 1.165) is 6.42 Å². The molecule has 1 N–H and O–H groups in total. The summed E-state index contributed by atoms with van der Waals surface area (Å²) in [6.45, 7) is 16.9. The van der Waals surface area contributed by atoms with Gasteiger partial charge in [0.15, 0.2) is 0 Å². The van der Waals surface area contributed by atoms with Gasteiger partial charge in [0.1, 0.15) is 0 Å². The van der Waals surface area contributed by atoms with Crippen molar-refractivity contribution >= 4 is 8.80 Å². The number of rotatable bonds is 6. The molecule has 2 aliphatic carbocycles. The van der Waals surface area contributed by atoms with Gasteiger partial charge in [-0.2, -0.15) is 0 Å². The van der Waals surface area contributed by atoms with Crippen molar-refractivity contribution < 1.29 is 0 Å². The van der Waals surface area contributed by atoms with E-state index in [-0.39, 0.29) is 5.16 Å². The maximum Gasteiger partial charge on any atom is 0.0672 e. The van der Waals surface area contributed by atoms with Gasteiger partial charge in [-0.1, -0.05) is 51.1 Å². The Morgan fingerprint density at radius 2 is 1.96 bits per heavy atom. The molecule has 0 bridgehead atoms. The predicted molar refractivity (Wildman–Crippen MR) is 106 cm³/mol. The third-order valence-electron chi connectivity index (χ3n) is 6.27. The van der Waals surface area contributed by atoms with E-state index in [1.165, 1.54) is 25.0 Å². The van der Waals surface area contributed by atoms with Crippen LogP contribution in [-0.4, -0.2) is 14.0 Å². The van der Waals surface area contributed by atoms with Crippen molar-refractivity contribution in [3.63, 3.8) is 0 Å². The zero-order chi connectivity index (χ0) is 17.2. The standard InChI is InChI=1S/C21H35NSi/c1-8-9-14-20-15(2)17(4)21(23(6)7,18(5)16(20)3)22-19-12-10-11-13-19/h10-12,17,22-23H,8-9,13-14H2,1-7H3. The Morgan fingerprint density at radius 1 is 1.26 bits per heavy atom. The van der Waals surface area contributed by atoms with Crippen LogP contribution < -0.4 is 5.32 Å². The molecule has 0 aromatic heterocycles. The average molecular weight is 330 g/mol. The maximum absolute atomic E-state index is 4.04. The molecule has 128 valence electrons. The highest BCUT2D eigenvalue weighted by molar-refractivity contribution is 6.61. The molecule has 0 aliphatic heterocycles. The van der Waals surface area contributed by atoms with E-state index in [2.05, 4.69) is 71.3 Å². The van der Waals surface area contributed by atoms with Gasteiger partial charge < -0.3 is 5.32 Å². The molecule has 2 unspecified atom stereocenters. The van der Waals surface area contributed by atoms with Crippen LogP contribution >= 0.6 is 0 Å². The number of unbranched alkanes of at least 4 members (excludes halogenated alkanes) is 1. The van der Waals surface area contributed by atoms with E-state index in [9.17, 15) is 0 Å². The second-order valence-electron chi connectivity index (χ2n) is 7.71. The number of hydrogen-bond donors (Lipinski definition) is 1. The lowest BCUT2D eigenvalue weighted by molar-refractivity contribution is 0.416. The molecule has 23 heavy (non-hydrogen) atoms. The highest BCUT2D eigenvalue weighted by Gasteiger charge is 2.46. The fourth-order valence-corrected chi connectivity index (χ4v) is 7.39. The molecular formula is C21H35NSi. The third-order valence-corrected chi connectivity index (χ3v) is 9.17. The molecule has 2 heteroatoms. The smallest absolute Gasteiger partial charge is 0.0672 e. The van der Waals surface area contributed by atoms with Gasteiger partial charge in [-0.3, -0.25) is 0 Å². The summed E-state index contributed by atoms with van der Waals surface area (Å²) >= 11 is 0. The van der Waals surface area contributed by atoms with Crippen LogP contribution in [0.1, 0.15) is 60.3 Å². The van der Waals surface area contributed by atoms with Crippen LogP contribution in [0.5, 0.6) is 0 Å². The van der Waals surface area contributed by atoms with Gasteiger partial charge >= 0.3 is 0 Å². The van der Waals surface area contributed by atoms with E-state index in [0.29, 0.717) is 5.92 Å². The van der Waals surface area contributed by atoms with Gasteiger partial charge in [0, 0.05) is 18.0 Å². The molecule has 0 aromatic rings. The summed E-state index contributed by atoms with van der Waals surface area (Å²) in [7, 11) is -0.963. The van der Waals surface area contributed by atoms with Gasteiger partial charge in [0.2, 0.25) is 0 Å². The molecular weight excluding hydrogens is 294 g/mol. The Balaban J connectivity index is 2.46. The van der Waals surface area contributed by atoms with Crippen molar-refractivity contribution in [2.45, 2.75) is 78.6 Å². The first-order valence-electron chi connectivity index (χ1n) is 9.38. The Hall–Kier alpha value is -1.02. The topological polar surface area (TPSA) is 12.0 Å². The molecule has 0 spiro atoms. The minimum Gasteiger partial charge on any atom is -0.381 e. The highest BCUT2D eigenvalue weighted by atomic mass is 28.3. The van der Waals surface area contributed by atoms with Crippen molar-refractivity contribution in [3.05, 3.63) is 46.2 Å². The minimum atomic E-state index is -0.963. The van der Waals surface area contributed by atoms with Crippen LogP contribution in [0.4, 0.5) is 0 Å². The highest BCUT2D eigenvalue weighted by Crippen LogP contribution is 2.45. The van der Waals surface area contributed by atoms with Crippen molar-refractivity contribution in [1.29, 1.82) is 0 Å². The Bertz CT molecular complexity index is 577. The SMILES string of the molecule is CCCCC1=C(C)C(C)C(NC2=CC=CC2)([SiH](C)C)C(C)=C1C. The number of allylic oxidation sites excluding steroid dienone is 5. The summed E-state index contributed by atoms with van der Waals surface area (Å²) < 4.78 is 0. The van der Waals surface area contributed by atoms with Gasteiger partial charge in [-0.25, -0.2) is 0 Å². The molecule has 2 rings (SSSR count). The van der Waals surface area contributed by atoms with Crippen molar-refractivity contribution in [3.8, 4) is 0 Å². The van der Waals surface area contributed by atoms with Gasteiger partial charge in [-0.05, 0) is 56.4 Å². The van der Waals surface area contributed by atoms with Gasteiger partial charge in [-0.15, -0.1) is 0 Å². The lowest BCUT2D eigenvalue weighted by atomic mass is 9.75. The molecule has 0 fully saturated rings. The van der Waals surface area contributed by atoms with Crippen LogP contribution in [0.3, 0.4) is 0 Å². The lowest BCUT2D eigenvalue weighted by Gasteiger charge is -2.50. The fourth-order valence-electron chi connectivity index (χ4n) is 4.58. The first-order chi connectivity index (χ1) is 10.9. The monoisotopic (exact) mass is 329 g/mol. The van der Waals surface area contributed by atoms with Crippen LogP contribution in [0.2, 0.25) is 13.1 Å². The number of hydrogen-bond acceptors (Lipinski definition) is 1. The molecule has 2 atom stereocenters. The molecule has 0 aromatic carbocycles. The Kier molecular flexibility index (Phi) is 5.78. The van der Waals surface area contributed by atoms with Crippen LogP contribution in [0, 0.1) is 5.92 Å². The van der Waals surface area contributed by atoms with E-state index >= 15 is 0 Å². The summed E-state index contributed by atoms with van der Waals surface area (Å²) in [6, 6.07) is 0. The third kappa shape index (κ3) is 3.15. The van der Waals surface area contributed by atoms with E-state index in [1.54, 1.807) is 22.3 Å². The molecule has 0 radical (unpaired) electrons. The van der Waals surface area contributed by atoms with Gasteiger partial charge in [0.05, 0.1) is 14.0 Å². The lowest BCUT2D eigenvalue weighted by Crippen LogP contribution is -2.61. The van der Waals surface area contributed by atoms with E-state index in [4.69, 9.17) is 0 Å². The summed E-state index contributed by atoms with van der Waals surface area (Å²) in [5.41, 5.74) is 7.84. The summed E-state index contributed by atoms with van der Waals surface area (Å²) in [5.74, 6) is 0.589. The molecule has 0 amide bonds. The normalized spacial score (nSPS) is 28.0. The molecule has 1 nitrogen and oxygen atoms in total. The van der Waals surface area contributed by atoms with Crippen LogP contribution in [0.15, 0.2) is 46.2 Å². The zero-order valence-electron chi connectivity index (χ0n) is 16.2. The minimum absolute atomic E-state index is 0.182.